The Morgan fingerprint density at radius 1 is 0.581 bits per heavy atom. The quantitative estimate of drug-likeness (QED) is 0.508. The monoisotopic (exact) mass is 422 g/mol. The van der Waals surface area contributed by atoms with E-state index < -0.39 is 0 Å². The highest BCUT2D eigenvalue weighted by molar-refractivity contribution is 5.46. The van der Waals surface area contributed by atoms with E-state index in [1.54, 1.807) is 7.11 Å². The van der Waals surface area contributed by atoms with E-state index in [-0.39, 0.29) is 16.2 Å². The van der Waals surface area contributed by atoms with Crippen LogP contribution in [-0.2, 0) is 21.7 Å². The summed E-state index contributed by atoms with van der Waals surface area (Å²) in [5.41, 5.74) is 6.70. The molecule has 170 valence electrons. The minimum absolute atomic E-state index is 0.198. The van der Waals surface area contributed by atoms with Gasteiger partial charge in [0.15, 0.2) is 0 Å². The minimum atomic E-state index is 0.198. The number of methoxy groups -OCH3 is 1. The molecule has 2 aliphatic carbocycles. The molecule has 1 N–H and O–H groups in total. The van der Waals surface area contributed by atoms with Crippen molar-refractivity contribution in [1.29, 1.82) is 0 Å². The molecule has 0 heterocycles. The second-order valence-electron chi connectivity index (χ2n) is 12.2. The molecule has 0 amide bonds. The smallest absolute Gasteiger partial charge is 0.119 e. The van der Waals surface area contributed by atoms with Crippen LogP contribution in [0.5, 0.6) is 11.5 Å². The Morgan fingerprint density at radius 2 is 0.968 bits per heavy atom. The van der Waals surface area contributed by atoms with Gasteiger partial charge in [-0.3, -0.25) is 0 Å². The predicted molar refractivity (Wildman–Crippen MR) is 132 cm³/mol. The number of phenols is 1. The van der Waals surface area contributed by atoms with Gasteiger partial charge in [-0.25, -0.2) is 0 Å². The van der Waals surface area contributed by atoms with Crippen LogP contribution in [-0.4, -0.2) is 12.2 Å². The Hall–Kier alpha value is -1.96. The average Bonchev–Trinajstić information content (AvgIpc) is 2.69. The molecule has 2 aromatic rings. The molecule has 0 saturated heterocycles. The van der Waals surface area contributed by atoms with Gasteiger partial charge in [-0.15, -0.1) is 0 Å². The standard InChI is InChI=1S/C15H22O.C14H20O/c1-14(2)8-9-15(3,4)13-10-11(16-5)6-7-12(13)14;1-13(2)7-8-14(3,4)12-9-10(15)5-6-11(12)13/h6-7,10H,8-9H2,1-5H3;5-6,9,15H,7-8H2,1-4H3. The van der Waals surface area contributed by atoms with E-state index in [0.717, 1.165) is 5.75 Å². The van der Waals surface area contributed by atoms with Crippen LogP contribution < -0.4 is 4.74 Å². The van der Waals surface area contributed by atoms with Crippen molar-refractivity contribution >= 4 is 0 Å². The third kappa shape index (κ3) is 4.64. The second-order valence-corrected chi connectivity index (χ2v) is 12.2. The van der Waals surface area contributed by atoms with Crippen LogP contribution in [0.25, 0.3) is 0 Å². The van der Waals surface area contributed by atoms with Gasteiger partial charge in [0.05, 0.1) is 7.11 Å². The molecule has 0 spiro atoms. The van der Waals surface area contributed by atoms with Gasteiger partial charge in [0, 0.05) is 0 Å². The molecule has 2 heteroatoms. The Balaban J connectivity index is 0.000000176. The van der Waals surface area contributed by atoms with E-state index in [1.807, 2.05) is 12.1 Å². The van der Waals surface area contributed by atoms with Crippen molar-refractivity contribution < 1.29 is 9.84 Å². The van der Waals surface area contributed by atoms with E-state index in [0.29, 0.717) is 11.2 Å². The Kier molecular flexibility index (Phi) is 6.02. The van der Waals surface area contributed by atoms with E-state index in [1.165, 1.54) is 47.9 Å². The highest BCUT2D eigenvalue weighted by atomic mass is 16.5. The van der Waals surface area contributed by atoms with Crippen LogP contribution in [0, 0.1) is 0 Å². The molecule has 31 heavy (non-hydrogen) atoms. The van der Waals surface area contributed by atoms with E-state index in [2.05, 4.69) is 79.7 Å². The van der Waals surface area contributed by atoms with Crippen molar-refractivity contribution in [2.45, 2.75) is 103 Å². The number of benzene rings is 2. The van der Waals surface area contributed by atoms with Crippen molar-refractivity contribution in [3.05, 3.63) is 58.7 Å². The first-order valence-corrected chi connectivity index (χ1v) is 11.7. The molecular formula is C29H42O2. The lowest BCUT2D eigenvalue weighted by Gasteiger charge is -2.41. The summed E-state index contributed by atoms with van der Waals surface area (Å²) in [5, 5.41) is 9.59. The van der Waals surface area contributed by atoms with E-state index in [9.17, 15) is 5.11 Å². The first-order valence-electron chi connectivity index (χ1n) is 11.7. The summed E-state index contributed by atoms with van der Waals surface area (Å²) < 4.78 is 5.34. The molecule has 2 aliphatic rings. The number of aromatic hydroxyl groups is 1. The molecule has 2 nitrogen and oxygen atoms in total. The Labute approximate surface area is 190 Å². The van der Waals surface area contributed by atoms with Gasteiger partial charge in [0.25, 0.3) is 0 Å². The number of ether oxygens (including phenoxy) is 1. The fraction of sp³-hybridized carbons (Fsp3) is 0.586. The van der Waals surface area contributed by atoms with Crippen LogP contribution in [0.15, 0.2) is 36.4 Å². The van der Waals surface area contributed by atoms with Crippen LogP contribution in [0.1, 0.15) is 103 Å². The molecule has 0 saturated carbocycles. The highest BCUT2D eigenvalue weighted by Crippen LogP contribution is 2.47. The van der Waals surface area contributed by atoms with Crippen LogP contribution >= 0.6 is 0 Å². The van der Waals surface area contributed by atoms with Gasteiger partial charge in [-0.2, -0.15) is 0 Å². The maximum atomic E-state index is 9.59. The molecule has 0 bridgehead atoms. The number of hydrogen-bond donors (Lipinski definition) is 1. The van der Waals surface area contributed by atoms with Crippen molar-refractivity contribution in [3.8, 4) is 11.5 Å². The fourth-order valence-electron chi connectivity index (χ4n) is 5.27. The molecule has 0 radical (unpaired) electrons. The lowest BCUT2D eigenvalue weighted by Crippen LogP contribution is -2.33. The van der Waals surface area contributed by atoms with Gasteiger partial charge in [0.2, 0.25) is 0 Å². The number of rotatable bonds is 1. The Bertz CT molecular complexity index is 947. The normalized spacial score (nSPS) is 21.7. The van der Waals surface area contributed by atoms with Gasteiger partial charge in [-0.1, -0.05) is 67.5 Å². The molecule has 2 aromatic carbocycles. The van der Waals surface area contributed by atoms with Crippen molar-refractivity contribution in [3.63, 3.8) is 0 Å². The molecular weight excluding hydrogens is 380 g/mol. The molecule has 0 fully saturated rings. The molecule has 0 aliphatic heterocycles. The van der Waals surface area contributed by atoms with Gasteiger partial charge in [-0.05, 0) is 93.9 Å². The molecule has 0 aromatic heterocycles. The Morgan fingerprint density at radius 3 is 1.42 bits per heavy atom. The predicted octanol–water partition coefficient (Wildman–Crippen LogP) is 7.79. The largest absolute Gasteiger partial charge is 0.508 e. The number of fused-ring (bicyclic) bond motifs is 2. The first kappa shape index (κ1) is 23.7. The van der Waals surface area contributed by atoms with Crippen molar-refractivity contribution in [2.24, 2.45) is 0 Å². The summed E-state index contributed by atoms with van der Waals surface area (Å²) in [6.45, 7) is 18.5. The maximum Gasteiger partial charge on any atom is 0.119 e. The number of hydrogen-bond acceptors (Lipinski definition) is 2. The van der Waals surface area contributed by atoms with E-state index >= 15 is 0 Å². The lowest BCUT2D eigenvalue weighted by molar-refractivity contribution is 0.328. The van der Waals surface area contributed by atoms with E-state index in [4.69, 9.17) is 4.74 Å². The summed E-state index contributed by atoms with van der Waals surface area (Å²) in [6.07, 6.45) is 4.92. The minimum Gasteiger partial charge on any atom is -0.508 e. The zero-order chi connectivity index (χ0) is 23.2. The molecule has 4 rings (SSSR count). The van der Waals surface area contributed by atoms with Gasteiger partial charge >= 0.3 is 0 Å². The second kappa shape index (κ2) is 7.87. The van der Waals surface area contributed by atoms with Crippen LogP contribution in [0.3, 0.4) is 0 Å². The summed E-state index contributed by atoms with van der Waals surface area (Å²) >= 11 is 0. The maximum absolute atomic E-state index is 9.59. The third-order valence-corrected chi connectivity index (χ3v) is 7.90. The summed E-state index contributed by atoms with van der Waals surface area (Å²) in [4.78, 5) is 0. The average molecular weight is 423 g/mol. The summed E-state index contributed by atoms with van der Waals surface area (Å²) in [7, 11) is 1.74. The van der Waals surface area contributed by atoms with Gasteiger partial charge < -0.3 is 9.84 Å². The summed E-state index contributed by atoms with van der Waals surface area (Å²) in [5.74, 6) is 1.36. The summed E-state index contributed by atoms with van der Waals surface area (Å²) in [6, 6.07) is 12.4. The topological polar surface area (TPSA) is 29.5 Å². The first-order chi connectivity index (χ1) is 14.2. The van der Waals surface area contributed by atoms with Gasteiger partial charge in [0.1, 0.15) is 11.5 Å². The van der Waals surface area contributed by atoms with Crippen molar-refractivity contribution in [2.75, 3.05) is 7.11 Å². The van der Waals surface area contributed by atoms with Crippen LogP contribution in [0.4, 0.5) is 0 Å². The third-order valence-electron chi connectivity index (χ3n) is 7.90. The zero-order valence-electron chi connectivity index (χ0n) is 21.1. The number of phenolic OH excluding ortho intramolecular Hbond substituents is 1. The lowest BCUT2D eigenvalue weighted by atomic mass is 9.63. The van der Waals surface area contributed by atoms with Crippen LogP contribution in [0.2, 0.25) is 0 Å². The van der Waals surface area contributed by atoms with Crippen molar-refractivity contribution in [1.82, 2.24) is 0 Å². The molecule has 0 atom stereocenters. The molecule has 0 unspecified atom stereocenters. The zero-order valence-corrected chi connectivity index (χ0v) is 21.1. The highest BCUT2D eigenvalue weighted by Gasteiger charge is 2.38. The SMILES string of the molecule is CC1(C)CCC(C)(C)c2cc(O)ccc21.COc1ccc2c(c1)C(C)(C)CCC2(C)C. The fourth-order valence-corrected chi connectivity index (χ4v) is 5.27.